The van der Waals surface area contributed by atoms with Crippen LogP contribution in [0.1, 0.15) is 32.2 Å². The van der Waals surface area contributed by atoms with Gasteiger partial charge in [0.1, 0.15) is 12.4 Å². The SMILES string of the molecule is CC(C)OCCCN1CCOC(c2nncn2C)C1. The van der Waals surface area contributed by atoms with Gasteiger partial charge < -0.3 is 14.0 Å². The molecule has 1 aromatic heterocycles. The van der Waals surface area contributed by atoms with E-state index in [-0.39, 0.29) is 6.10 Å². The number of hydrogen-bond acceptors (Lipinski definition) is 5. The van der Waals surface area contributed by atoms with Gasteiger partial charge >= 0.3 is 0 Å². The van der Waals surface area contributed by atoms with Crippen LogP contribution in [-0.4, -0.2) is 58.6 Å². The van der Waals surface area contributed by atoms with Gasteiger partial charge in [-0.25, -0.2) is 0 Å². The molecule has 0 saturated carbocycles. The molecule has 2 heterocycles. The molecule has 0 aliphatic carbocycles. The Morgan fingerprint density at radius 2 is 2.37 bits per heavy atom. The van der Waals surface area contributed by atoms with Crippen molar-refractivity contribution in [2.45, 2.75) is 32.5 Å². The molecule has 1 aliphatic rings. The molecule has 0 radical (unpaired) electrons. The summed E-state index contributed by atoms with van der Waals surface area (Å²) in [6.07, 6.45) is 3.13. The van der Waals surface area contributed by atoms with Crippen molar-refractivity contribution in [3.63, 3.8) is 0 Å². The van der Waals surface area contributed by atoms with Gasteiger partial charge in [0.2, 0.25) is 0 Å². The highest BCUT2D eigenvalue weighted by atomic mass is 16.5. The van der Waals surface area contributed by atoms with Crippen molar-refractivity contribution < 1.29 is 9.47 Å². The molecule has 0 bridgehead atoms. The third kappa shape index (κ3) is 4.26. The van der Waals surface area contributed by atoms with E-state index in [0.29, 0.717) is 6.10 Å². The summed E-state index contributed by atoms with van der Waals surface area (Å²) in [4.78, 5) is 2.41. The van der Waals surface area contributed by atoms with Crippen molar-refractivity contribution in [2.24, 2.45) is 7.05 Å². The lowest BCUT2D eigenvalue weighted by Gasteiger charge is -2.32. The quantitative estimate of drug-likeness (QED) is 0.721. The van der Waals surface area contributed by atoms with E-state index >= 15 is 0 Å². The summed E-state index contributed by atoms with van der Waals surface area (Å²) in [5.41, 5.74) is 0. The minimum Gasteiger partial charge on any atom is -0.379 e. The lowest BCUT2D eigenvalue weighted by Crippen LogP contribution is -2.40. The van der Waals surface area contributed by atoms with Crippen molar-refractivity contribution in [3.8, 4) is 0 Å². The molecule has 1 atom stereocenters. The Balaban J connectivity index is 1.76. The summed E-state index contributed by atoms with van der Waals surface area (Å²) in [5, 5.41) is 8.04. The van der Waals surface area contributed by atoms with E-state index in [1.165, 1.54) is 0 Å². The van der Waals surface area contributed by atoms with Crippen LogP contribution in [0.25, 0.3) is 0 Å². The molecule has 2 rings (SSSR count). The summed E-state index contributed by atoms with van der Waals surface area (Å²) in [5.74, 6) is 0.906. The third-order valence-electron chi connectivity index (χ3n) is 3.25. The van der Waals surface area contributed by atoms with Gasteiger partial charge in [0, 0.05) is 33.3 Å². The van der Waals surface area contributed by atoms with Crippen LogP contribution in [-0.2, 0) is 16.5 Å². The van der Waals surface area contributed by atoms with Crippen molar-refractivity contribution in [3.05, 3.63) is 12.2 Å². The van der Waals surface area contributed by atoms with E-state index < -0.39 is 0 Å². The number of aryl methyl sites for hydroxylation is 1. The molecule has 108 valence electrons. The van der Waals surface area contributed by atoms with Gasteiger partial charge in [0.05, 0.1) is 12.7 Å². The average Bonchev–Trinajstić information content (AvgIpc) is 2.81. The highest BCUT2D eigenvalue weighted by Crippen LogP contribution is 2.19. The first-order chi connectivity index (χ1) is 9.16. The number of hydrogen-bond donors (Lipinski definition) is 0. The molecule has 0 amide bonds. The minimum atomic E-state index is 0.0345. The van der Waals surface area contributed by atoms with Crippen molar-refractivity contribution >= 4 is 0 Å². The number of ether oxygens (including phenoxy) is 2. The fourth-order valence-corrected chi connectivity index (χ4v) is 2.25. The molecule has 1 aliphatic heterocycles. The zero-order chi connectivity index (χ0) is 13.7. The van der Waals surface area contributed by atoms with E-state index in [9.17, 15) is 0 Å². The Kier molecular flexibility index (Phi) is 5.30. The number of nitrogens with zero attached hydrogens (tertiary/aromatic N) is 4. The van der Waals surface area contributed by atoms with E-state index in [4.69, 9.17) is 9.47 Å². The summed E-state index contributed by atoms with van der Waals surface area (Å²) >= 11 is 0. The van der Waals surface area contributed by atoms with Crippen molar-refractivity contribution in [1.82, 2.24) is 19.7 Å². The maximum atomic E-state index is 5.78. The second kappa shape index (κ2) is 6.98. The smallest absolute Gasteiger partial charge is 0.163 e. The van der Waals surface area contributed by atoms with Gasteiger partial charge in [-0.15, -0.1) is 10.2 Å². The van der Waals surface area contributed by atoms with Gasteiger partial charge in [0.25, 0.3) is 0 Å². The summed E-state index contributed by atoms with van der Waals surface area (Å²) in [7, 11) is 1.95. The highest BCUT2D eigenvalue weighted by molar-refractivity contribution is 4.93. The number of morpholine rings is 1. The van der Waals surface area contributed by atoms with E-state index in [1.54, 1.807) is 6.33 Å². The van der Waals surface area contributed by atoms with Crippen LogP contribution in [0.4, 0.5) is 0 Å². The summed E-state index contributed by atoms with van der Waals surface area (Å²) in [6, 6.07) is 0. The van der Waals surface area contributed by atoms with Gasteiger partial charge in [0.15, 0.2) is 5.82 Å². The average molecular weight is 268 g/mol. The normalized spacial score (nSPS) is 21.2. The Labute approximate surface area is 114 Å². The molecule has 1 aromatic rings. The van der Waals surface area contributed by atoms with Gasteiger partial charge in [-0.3, -0.25) is 4.90 Å². The molecular formula is C13H24N4O2. The first-order valence-corrected chi connectivity index (χ1v) is 6.96. The molecule has 6 nitrogen and oxygen atoms in total. The van der Waals surface area contributed by atoms with Crippen LogP contribution in [0, 0.1) is 0 Å². The summed E-state index contributed by atoms with van der Waals surface area (Å²) < 4.78 is 13.3. The van der Waals surface area contributed by atoms with Gasteiger partial charge in [-0.2, -0.15) is 0 Å². The van der Waals surface area contributed by atoms with Gasteiger partial charge in [-0.05, 0) is 20.3 Å². The van der Waals surface area contributed by atoms with E-state index in [2.05, 4.69) is 28.9 Å². The topological polar surface area (TPSA) is 52.4 Å². The maximum absolute atomic E-state index is 5.78. The second-order valence-electron chi connectivity index (χ2n) is 5.23. The van der Waals surface area contributed by atoms with Crippen LogP contribution in [0.2, 0.25) is 0 Å². The third-order valence-corrected chi connectivity index (χ3v) is 3.25. The molecule has 19 heavy (non-hydrogen) atoms. The number of rotatable bonds is 6. The van der Waals surface area contributed by atoms with Gasteiger partial charge in [-0.1, -0.05) is 0 Å². The lowest BCUT2D eigenvalue weighted by atomic mass is 10.2. The van der Waals surface area contributed by atoms with Crippen LogP contribution >= 0.6 is 0 Å². The molecule has 6 heteroatoms. The lowest BCUT2D eigenvalue weighted by molar-refractivity contribution is -0.0387. The summed E-state index contributed by atoms with van der Waals surface area (Å²) in [6.45, 7) is 8.62. The molecule has 1 saturated heterocycles. The Hall–Kier alpha value is -0.980. The molecule has 1 unspecified atom stereocenters. The number of aromatic nitrogens is 3. The van der Waals surface area contributed by atoms with E-state index in [0.717, 1.165) is 45.1 Å². The first kappa shape index (κ1) is 14.4. The van der Waals surface area contributed by atoms with Crippen LogP contribution in [0.15, 0.2) is 6.33 Å². The molecule has 0 aromatic carbocycles. The predicted molar refractivity (Wildman–Crippen MR) is 71.8 cm³/mol. The van der Waals surface area contributed by atoms with Crippen molar-refractivity contribution in [2.75, 3.05) is 32.8 Å². The van der Waals surface area contributed by atoms with Crippen LogP contribution in [0.3, 0.4) is 0 Å². The largest absolute Gasteiger partial charge is 0.379 e. The van der Waals surface area contributed by atoms with Crippen molar-refractivity contribution in [1.29, 1.82) is 0 Å². The molecule has 0 N–H and O–H groups in total. The predicted octanol–water partition coefficient (Wildman–Crippen LogP) is 1.00. The zero-order valence-electron chi connectivity index (χ0n) is 12.1. The highest BCUT2D eigenvalue weighted by Gasteiger charge is 2.24. The standard InChI is InChI=1S/C13H24N4O2/c1-11(2)18-7-4-5-17-6-8-19-12(9-17)13-15-14-10-16(13)3/h10-12H,4-9H2,1-3H3. The molecule has 1 fully saturated rings. The Morgan fingerprint density at radius 1 is 1.53 bits per heavy atom. The van der Waals surface area contributed by atoms with Crippen LogP contribution < -0.4 is 0 Å². The minimum absolute atomic E-state index is 0.0345. The zero-order valence-corrected chi connectivity index (χ0v) is 12.1. The fraction of sp³-hybridized carbons (Fsp3) is 0.846. The second-order valence-corrected chi connectivity index (χ2v) is 5.23. The molecular weight excluding hydrogens is 244 g/mol. The van der Waals surface area contributed by atoms with Crippen LogP contribution in [0.5, 0.6) is 0 Å². The maximum Gasteiger partial charge on any atom is 0.163 e. The first-order valence-electron chi connectivity index (χ1n) is 6.96. The Bertz CT molecular complexity index is 380. The fourth-order valence-electron chi connectivity index (χ4n) is 2.25. The monoisotopic (exact) mass is 268 g/mol. The molecule has 0 spiro atoms. The van der Waals surface area contributed by atoms with E-state index in [1.807, 2.05) is 11.6 Å². The Morgan fingerprint density at radius 3 is 3.05 bits per heavy atom.